The van der Waals surface area contributed by atoms with E-state index in [1.165, 1.54) is 19.3 Å². The maximum atomic E-state index is 12.2. The summed E-state index contributed by atoms with van der Waals surface area (Å²) in [7, 11) is 1.56. The van der Waals surface area contributed by atoms with Crippen molar-refractivity contribution in [3.05, 3.63) is 23.8 Å². The van der Waals surface area contributed by atoms with Crippen LogP contribution in [0.1, 0.15) is 43.0 Å². The minimum Gasteiger partial charge on any atom is -0.495 e. The molecule has 1 aliphatic carbocycles. The highest BCUT2D eigenvalue weighted by Gasteiger charge is 2.23. The molecule has 0 spiro atoms. The number of ether oxygens (including phenoxy) is 1. The summed E-state index contributed by atoms with van der Waals surface area (Å²) < 4.78 is 5.09. The Bertz CT molecular complexity index is 459. The van der Waals surface area contributed by atoms with Gasteiger partial charge in [-0.25, -0.2) is 0 Å². The van der Waals surface area contributed by atoms with Crippen LogP contribution >= 0.6 is 0 Å². The fourth-order valence-corrected chi connectivity index (χ4v) is 2.66. The summed E-state index contributed by atoms with van der Waals surface area (Å²) in [5.41, 5.74) is 6.91. The first-order chi connectivity index (χ1) is 9.11. The van der Waals surface area contributed by atoms with E-state index in [1.807, 2.05) is 0 Å². The van der Waals surface area contributed by atoms with Gasteiger partial charge in [-0.3, -0.25) is 4.79 Å². The molecule has 3 N–H and O–H groups in total. The average Bonchev–Trinajstić information content (AvgIpc) is 2.41. The van der Waals surface area contributed by atoms with Crippen LogP contribution in [0.2, 0.25) is 0 Å². The molecule has 0 aromatic heterocycles. The predicted molar refractivity (Wildman–Crippen MR) is 76.3 cm³/mol. The summed E-state index contributed by atoms with van der Waals surface area (Å²) in [6.07, 6.45) is 4.72. The summed E-state index contributed by atoms with van der Waals surface area (Å²) in [4.78, 5) is 12.2. The Morgan fingerprint density at radius 3 is 2.74 bits per heavy atom. The Morgan fingerprint density at radius 1 is 1.37 bits per heavy atom. The first kappa shape index (κ1) is 13.7. The van der Waals surface area contributed by atoms with Gasteiger partial charge in [0, 0.05) is 11.6 Å². The third-order valence-electron chi connectivity index (χ3n) is 3.92. The number of amides is 1. The summed E-state index contributed by atoms with van der Waals surface area (Å²) in [5.74, 6) is 1.10. The zero-order chi connectivity index (χ0) is 13.8. The lowest BCUT2D eigenvalue weighted by Gasteiger charge is -2.29. The van der Waals surface area contributed by atoms with E-state index in [4.69, 9.17) is 10.5 Å². The van der Waals surface area contributed by atoms with Crippen molar-refractivity contribution in [1.29, 1.82) is 0 Å². The van der Waals surface area contributed by atoms with Crippen molar-refractivity contribution in [3.8, 4) is 5.75 Å². The van der Waals surface area contributed by atoms with Crippen molar-refractivity contribution < 1.29 is 9.53 Å². The fraction of sp³-hybridized carbons (Fsp3) is 0.533. The van der Waals surface area contributed by atoms with Crippen molar-refractivity contribution in [2.24, 2.45) is 5.92 Å². The largest absolute Gasteiger partial charge is 0.495 e. The van der Waals surface area contributed by atoms with Gasteiger partial charge in [-0.15, -0.1) is 0 Å². The molecular formula is C15H22N2O2. The van der Waals surface area contributed by atoms with E-state index in [2.05, 4.69) is 12.2 Å². The number of anilines is 1. The number of carbonyl (C=O) groups excluding carboxylic acids is 1. The minimum absolute atomic E-state index is 0.0481. The molecule has 104 valence electrons. The number of benzene rings is 1. The monoisotopic (exact) mass is 262 g/mol. The second-order valence-electron chi connectivity index (χ2n) is 5.30. The SMILES string of the molecule is COc1ccc(C(=O)N[C@H]2CCCC[C@@H]2C)cc1N. The van der Waals surface area contributed by atoms with E-state index in [1.54, 1.807) is 25.3 Å². The van der Waals surface area contributed by atoms with E-state index >= 15 is 0 Å². The molecule has 4 nitrogen and oxygen atoms in total. The number of hydrogen-bond acceptors (Lipinski definition) is 3. The maximum Gasteiger partial charge on any atom is 0.251 e. The lowest BCUT2D eigenvalue weighted by molar-refractivity contribution is 0.0910. The molecule has 0 heterocycles. The standard InChI is InChI=1S/C15H22N2O2/c1-10-5-3-4-6-13(10)17-15(18)11-7-8-14(19-2)12(16)9-11/h7-10,13H,3-6,16H2,1-2H3,(H,17,18)/t10-,13-/m0/s1. The highest BCUT2D eigenvalue weighted by molar-refractivity contribution is 5.95. The van der Waals surface area contributed by atoms with Gasteiger partial charge in [-0.05, 0) is 37.0 Å². The third kappa shape index (κ3) is 3.19. The van der Waals surface area contributed by atoms with Gasteiger partial charge < -0.3 is 15.8 Å². The van der Waals surface area contributed by atoms with E-state index in [0.717, 1.165) is 6.42 Å². The molecule has 2 rings (SSSR count). The smallest absolute Gasteiger partial charge is 0.251 e. The van der Waals surface area contributed by atoms with E-state index in [-0.39, 0.29) is 11.9 Å². The molecule has 4 heteroatoms. The quantitative estimate of drug-likeness (QED) is 0.823. The molecule has 0 radical (unpaired) electrons. The number of nitrogens with one attached hydrogen (secondary N) is 1. The van der Waals surface area contributed by atoms with Crippen molar-refractivity contribution >= 4 is 11.6 Å². The third-order valence-corrected chi connectivity index (χ3v) is 3.92. The molecule has 2 atom stereocenters. The number of nitrogen functional groups attached to an aromatic ring is 1. The number of carbonyl (C=O) groups is 1. The van der Waals surface area contributed by atoms with Crippen molar-refractivity contribution in [1.82, 2.24) is 5.32 Å². The van der Waals surface area contributed by atoms with Gasteiger partial charge in [0.15, 0.2) is 0 Å². The van der Waals surface area contributed by atoms with Crippen LogP contribution in [-0.4, -0.2) is 19.1 Å². The summed E-state index contributed by atoms with van der Waals surface area (Å²) in [6.45, 7) is 2.20. The van der Waals surface area contributed by atoms with Gasteiger partial charge in [0.05, 0.1) is 12.8 Å². The van der Waals surface area contributed by atoms with Gasteiger partial charge in [0.1, 0.15) is 5.75 Å². The Hall–Kier alpha value is -1.71. The molecule has 1 saturated carbocycles. The van der Waals surface area contributed by atoms with Gasteiger partial charge in [-0.2, -0.15) is 0 Å². The zero-order valence-electron chi connectivity index (χ0n) is 11.6. The first-order valence-electron chi connectivity index (χ1n) is 6.86. The molecule has 0 bridgehead atoms. The van der Waals surface area contributed by atoms with E-state index in [0.29, 0.717) is 22.9 Å². The van der Waals surface area contributed by atoms with Gasteiger partial charge in [-0.1, -0.05) is 19.8 Å². The molecule has 1 aliphatic rings. The average molecular weight is 262 g/mol. The minimum atomic E-state index is -0.0481. The summed E-state index contributed by atoms with van der Waals surface area (Å²) in [5, 5.41) is 3.11. The second-order valence-corrected chi connectivity index (χ2v) is 5.30. The van der Waals surface area contributed by atoms with Crippen LogP contribution in [0.25, 0.3) is 0 Å². The zero-order valence-corrected chi connectivity index (χ0v) is 11.6. The normalized spacial score (nSPS) is 22.8. The van der Waals surface area contributed by atoms with E-state index < -0.39 is 0 Å². The Labute approximate surface area is 114 Å². The molecular weight excluding hydrogens is 240 g/mol. The number of nitrogens with two attached hydrogens (primary N) is 1. The van der Waals surface area contributed by atoms with E-state index in [9.17, 15) is 4.79 Å². The molecule has 0 unspecified atom stereocenters. The fourth-order valence-electron chi connectivity index (χ4n) is 2.66. The number of rotatable bonds is 3. The molecule has 1 aromatic carbocycles. The Kier molecular flexibility index (Phi) is 4.30. The van der Waals surface area contributed by atoms with Crippen molar-refractivity contribution in [2.75, 3.05) is 12.8 Å². The van der Waals surface area contributed by atoms with Crippen LogP contribution in [0.3, 0.4) is 0 Å². The predicted octanol–water partition coefficient (Wildman–Crippen LogP) is 2.59. The van der Waals surface area contributed by atoms with Crippen molar-refractivity contribution in [2.45, 2.75) is 38.6 Å². The first-order valence-corrected chi connectivity index (χ1v) is 6.86. The number of hydrogen-bond donors (Lipinski definition) is 2. The topological polar surface area (TPSA) is 64.3 Å². The van der Waals surface area contributed by atoms with Gasteiger partial charge in [0.25, 0.3) is 5.91 Å². The number of methoxy groups -OCH3 is 1. The lowest BCUT2D eigenvalue weighted by Crippen LogP contribution is -2.41. The summed E-state index contributed by atoms with van der Waals surface area (Å²) in [6, 6.07) is 5.43. The van der Waals surface area contributed by atoms with Crippen LogP contribution in [0.5, 0.6) is 5.75 Å². The van der Waals surface area contributed by atoms with Crippen LogP contribution in [0.4, 0.5) is 5.69 Å². The highest BCUT2D eigenvalue weighted by Crippen LogP contribution is 2.25. The van der Waals surface area contributed by atoms with Crippen LogP contribution in [0.15, 0.2) is 18.2 Å². The van der Waals surface area contributed by atoms with Gasteiger partial charge in [0.2, 0.25) is 0 Å². The lowest BCUT2D eigenvalue weighted by atomic mass is 9.86. The molecule has 0 aliphatic heterocycles. The molecule has 19 heavy (non-hydrogen) atoms. The van der Waals surface area contributed by atoms with Crippen LogP contribution < -0.4 is 15.8 Å². The molecule has 0 saturated heterocycles. The molecule has 1 aromatic rings. The Morgan fingerprint density at radius 2 is 2.11 bits per heavy atom. The summed E-state index contributed by atoms with van der Waals surface area (Å²) >= 11 is 0. The van der Waals surface area contributed by atoms with Gasteiger partial charge >= 0.3 is 0 Å². The van der Waals surface area contributed by atoms with Crippen LogP contribution in [-0.2, 0) is 0 Å². The molecule has 1 fully saturated rings. The molecule has 1 amide bonds. The Balaban J connectivity index is 2.05. The van der Waals surface area contributed by atoms with Crippen molar-refractivity contribution in [3.63, 3.8) is 0 Å². The highest BCUT2D eigenvalue weighted by atomic mass is 16.5. The second kappa shape index (κ2) is 5.95. The van der Waals surface area contributed by atoms with Crippen LogP contribution in [0, 0.1) is 5.92 Å². The maximum absolute atomic E-state index is 12.2.